The fourth-order valence-electron chi connectivity index (χ4n) is 2.04. The monoisotopic (exact) mass is 314 g/mol. The summed E-state index contributed by atoms with van der Waals surface area (Å²) in [5.74, 6) is 0.816. The Labute approximate surface area is 119 Å². The van der Waals surface area contributed by atoms with E-state index in [9.17, 15) is 0 Å². The lowest BCUT2D eigenvalue weighted by molar-refractivity contribution is 0.415. The highest BCUT2D eigenvalue weighted by Gasteiger charge is 2.08. The van der Waals surface area contributed by atoms with E-state index in [1.54, 1.807) is 7.11 Å². The Balaban J connectivity index is 2.29. The molecule has 19 heavy (non-hydrogen) atoms. The van der Waals surface area contributed by atoms with E-state index in [4.69, 9.17) is 4.74 Å². The molecular formula is C15H11BrN2O. The van der Waals surface area contributed by atoms with Crippen molar-refractivity contribution < 1.29 is 4.74 Å². The highest BCUT2D eigenvalue weighted by molar-refractivity contribution is 9.10. The Bertz CT molecular complexity index is 743. The van der Waals surface area contributed by atoms with Gasteiger partial charge in [-0.2, -0.15) is 0 Å². The van der Waals surface area contributed by atoms with Gasteiger partial charge in [-0.25, -0.2) is 9.97 Å². The third-order valence-electron chi connectivity index (χ3n) is 2.92. The van der Waals surface area contributed by atoms with Crippen LogP contribution in [0.15, 0.2) is 53.3 Å². The summed E-state index contributed by atoms with van der Waals surface area (Å²) in [4.78, 5) is 8.88. The number of ether oxygens (including phenoxy) is 1. The van der Waals surface area contributed by atoms with E-state index in [0.717, 1.165) is 27.9 Å². The molecule has 0 N–H and O–H groups in total. The number of hydrogen-bond acceptors (Lipinski definition) is 3. The number of aromatic nitrogens is 2. The summed E-state index contributed by atoms with van der Waals surface area (Å²) in [6.45, 7) is 0. The number of benzene rings is 2. The second-order valence-electron chi connectivity index (χ2n) is 4.09. The van der Waals surface area contributed by atoms with Crippen LogP contribution in [0.25, 0.3) is 22.2 Å². The van der Waals surface area contributed by atoms with Gasteiger partial charge < -0.3 is 4.74 Å². The van der Waals surface area contributed by atoms with Crippen LogP contribution in [0.5, 0.6) is 5.75 Å². The third kappa shape index (κ3) is 2.31. The first-order chi connectivity index (χ1) is 9.28. The summed E-state index contributed by atoms with van der Waals surface area (Å²) >= 11 is 3.36. The van der Waals surface area contributed by atoms with Crippen LogP contribution in [0.3, 0.4) is 0 Å². The van der Waals surface area contributed by atoms with Gasteiger partial charge in [-0.15, -0.1) is 0 Å². The molecular weight excluding hydrogens is 304 g/mol. The SMILES string of the molecule is COc1cccc(-c2nc(Br)nc3ccccc23)c1. The van der Waals surface area contributed by atoms with Crippen LogP contribution >= 0.6 is 15.9 Å². The Hall–Kier alpha value is -1.94. The number of halogens is 1. The molecule has 4 heteroatoms. The predicted molar refractivity (Wildman–Crippen MR) is 79.2 cm³/mol. The first kappa shape index (κ1) is 12.1. The van der Waals surface area contributed by atoms with Gasteiger partial charge in [0.1, 0.15) is 5.75 Å². The molecule has 0 radical (unpaired) electrons. The highest BCUT2D eigenvalue weighted by Crippen LogP contribution is 2.29. The molecule has 0 spiro atoms. The average molecular weight is 315 g/mol. The van der Waals surface area contributed by atoms with Crippen molar-refractivity contribution in [1.82, 2.24) is 9.97 Å². The van der Waals surface area contributed by atoms with E-state index in [1.165, 1.54) is 0 Å². The fourth-order valence-corrected chi connectivity index (χ4v) is 2.41. The minimum Gasteiger partial charge on any atom is -0.497 e. The fraction of sp³-hybridized carbons (Fsp3) is 0.0667. The Morgan fingerprint density at radius 2 is 1.84 bits per heavy atom. The molecule has 0 aliphatic carbocycles. The summed E-state index contributed by atoms with van der Waals surface area (Å²) < 4.78 is 5.85. The normalized spacial score (nSPS) is 10.6. The highest BCUT2D eigenvalue weighted by atomic mass is 79.9. The molecule has 0 aliphatic rings. The van der Waals surface area contributed by atoms with Gasteiger partial charge in [0, 0.05) is 10.9 Å². The molecule has 1 heterocycles. The summed E-state index contributed by atoms with van der Waals surface area (Å²) in [5.41, 5.74) is 2.83. The largest absolute Gasteiger partial charge is 0.497 e. The van der Waals surface area contributed by atoms with E-state index in [0.29, 0.717) is 4.73 Å². The lowest BCUT2D eigenvalue weighted by Gasteiger charge is -2.07. The molecule has 0 bridgehead atoms. The van der Waals surface area contributed by atoms with Crippen molar-refractivity contribution in [3.8, 4) is 17.0 Å². The summed E-state index contributed by atoms with van der Waals surface area (Å²) in [7, 11) is 1.66. The minimum atomic E-state index is 0.587. The second kappa shape index (κ2) is 4.97. The number of fused-ring (bicyclic) bond motifs is 1. The first-order valence-corrected chi connectivity index (χ1v) is 6.64. The van der Waals surface area contributed by atoms with E-state index in [1.807, 2.05) is 48.5 Å². The number of nitrogens with zero attached hydrogens (tertiary/aromatic N) is 2. The van der Waals surface area contributed by atoms with Crippen LogP contribution < -0.4 is 4.74 Å². The van der Waals surface area contributed by atoms with Crippen molar-refractivity contribution in [2.45, 2.75) is 0 Å². The van der Waals surface area contributed by atoms with Gasteiger partial charge in [-0.05, 0) is 34.1 Å². The van der Waals surface area contributed by atoms with Crippen molar-refractivity contribution in [2.24, 2.45) is 0 Å². The molecule has 0 amide bonds. The Morgan fingerprint density at radius 1 is 1.00 bits per heavy atom. The number of methoxy groups -OCH3 is 1. The maximum atomic E-state index is 5.26. The zero-order valence-electron chi connectivity index (χ0n) is 10.3. The molecule has 3 aromatic rings. The topological polar surface area (TPSA) is 35.0 Å². The molecule has 1 aromatic heterocycles. The van der Waals surface area contributed by atoms with Crippen molar-refractivity contribution in [1.29, 1.82) is 0 Å². The van der Waals surface area contributed by atoms with E-state index in [2.05, 4.69) is 25.9 Å². The van der Waals surface area contributed by atoms with Crippen LogP contribution in [0.1, 0.15) is 0 Å². The van der Waals surface area contributed by atoms with Crippen LogP contribution in [0.2, 0.25) is 0 Å². The second-order valence-corrected chi connectivity index (χ2v) is 4.80. The third-order valence-corrected chi connectivity index (χ3v) is 3.27. The van der Waals surface area contributed by atoms with Gasteiger partial charge >= 0.3 is 0 Å². The molecule has 0 unspecified atom stereocenters. The van der Waals surface area contributed by atoms with Crippen molar-refractivity contribution in [3.63, 3.8) is 0 Å². The smallest absolute Gasteiger partial charge is 0.197 e. The minimum absolute atomic E-state index is 0.587. The summed E-state index contributed by atoms with van der Waals surface area (Å²) in [6.07, 6.45) is 0. The molecule has 0 fully saturated rings. The van der Waals surface area contributed by atoms with Crippen molar-refractivity contribution >= 4 is 26.8 Å². The van der Waals surface area contributed by atoms with Crippen LogP contribution in [0.4, 0.5) is 0 Å². The van der Waals surface area contributed by atoms with Gasteiger partial charge in [0.25, 0.3) is 0 Å². The van der Waals surface area contributed by atoms with Crippen molar-refractivity contribution in [2.75, 3.05) is 7.11 Å². The van der Waals surface area contributed by atoms with Crippen molar-refractivity contribution in [3.05, 3.63) is 53.3 Å². The molecule has 2 aromatic carbocycles. The predicted octanol–water partition coefficient (Wildman–Crippen LogP) is 4.07. The molecule has 94 valence electrons. The quantitative estimate of drug-likeness (QED) is 0.669. The van der Waals surface area contributed by atoms with Gasteiger partial charge in [-0.1, -0.05) is 30.3 Å². The van der Waals surface area contributed by atoms with Gasteiger partial charge in [0.05, 0.1) is 18.3 Å². The standard InChI is InChI=1S/C15H11BrN2O/c1-19-11-6-4-5-10(9-11)14-12-7-2-3-8-13(12)17-15(16)18-14/h2-9H,1H3. The molecule has 3 nitrogen and oxygen atoms in total. The lowest BCUT2D eigenvalue weighted by Crippen LogP contribution is -1.92. The van der Waals surface area contributed by atoms with Gasteiger partial charge in [-0.3, -0.25) is 0 Å². The summed E-state index contributed by atoms with van der Waals surface area (Å²) in [6, 6.07) is 15.8. The molecule has 0 saturated carbocycles. The lowest BCUT2D eigenvalue weighted by atomic mass is 10.1. The number of hydrogen-bond donors (Lipinski definition) is 0. The Morgan fingerprint density at radius 3 is 2.68 bits per heavy atom. The average Bonchev–Trinajstić information content (AvgIpc) is 2.46. The zero-order chi connectivity index (χ0) is 13.2. The molecule has 0 saturated heterocycles. The number of para-hydroxylation sites is 1. The number of rotatable bonds is 2. The molecule has 0 aliphatic heterocycles. The maximum absolute atomic E-state index is 5.26. The zero-order valence-corrected chi connectivity index (χ0v) is 11.9. The van der Waals surface area contributed by atoms with E-state index < -0.39 is 0 Å². The Kier molecular flexibility index (Phi) is 3.17. The van der Waals surface area contributed by atoms with Crippen LogP contribution in [0, 0.1) is 0 Å². The van der Waals surface area contributed by atoms with Gasteiger partial charge in [0.15, 0.2) is 4.73 Å². The molecule has 0 atom stereocenters. The van der Waals surface area contributed by atoms with Crippen LogP contribution in [-0.4, -0.2) is 17.1 Å². The molecule has 3 rings (SSSR count). The first-order valence-electron chi connectivity index (χ1n) is 5.84. The van der Waals surface area contributed by atoms with Crippen LogP contribution in [-0.2, 0) is 0 Å². The van der Waals surface area contributed by atoms with E-state index >= 15 is 0 Å². The maximum Gasteiger partial charge on any atom is 0.197 e. The summed E-state index contributed by atoms with van der Waals surface area (Å²) in [5, 5.41) is 1.03. The van der Waals surface area contributed by atoms with E-state index in [-0.39, 0.29) is 0 Å². The van der Waals surface area contributed by atoms with Gasteiger partial charge in [0.2, 0.25) is 0 Å².